The molecule has 132 valence electrons. The lowest BCUT2D eigenvalue weighted by Gasteiger charge is -2.16. The Bertz CT molecular complexity index is 672. The first-order valence-electron chi connectivity index (χ1n) is 7.66. The van der Waals surface area contributed by atoms with Gasteiger partial charge >= 0.3 is 13.6 Å². The predicted molar refractivity (Wildman–Crippen MR) is 86.5 cm³/mol. The average Bonchev–Trinajstić information content (AvgIpc) is 2.75. The summed E-state index contributed by atoms with van der Waals surface area (Å²) in [5, 5.41) is 2.19. The van der Waals surface area contributed by atoms with Crippen LogP contribution in [0.4, 0.5) is 4.79 Å². The molecule has 1 saturated heterocycles. The summed E-state index contributed by atoms with van der Waals surface area (Å²) < 4.78 is 16.9. The summed E-state index contributed by atoms with van der Waals surface area (Å²) in [6, 6.07) is 4.44. The second-order valence-electron chi connectivity index (χ2n) is 5.72. The number of unbranched alkanes of at least 4 members (excludes halogenated alkanes) is 1. The zero-order valence-electron chi connectivity index (χ0n) is 13.4. The number of urea groups is 1. The fourth-order valence-electron chi connectivity index (χ4n) is 2.40. The summed E-state index contributed by atoms with van der Waals surface area (Å²) in [4.78, 5) is 42.6. The Morgan fingerprint density at radius 3 is 2.54 bits per heavy atom. The van der Waals surface area contributed by atoms with Gasteiger partial charge in [0.25, 0.3) is 0 Å². The molecule has 1 aliphatic rings. The van der Waals surface area contributed by atoms with Gasteiger partial charge in [0, 0.05) is 6.54 Å². The first-order chi connectivity index (χ1) is 11.3. The van der Waals surface area contributed by atoms with E-state index in [0.717, 1.165) is 12.8 Å². The number of rotatable bonds is 8. The van der Waals surface area contributed by atoms with E-state index in [9.17, 15) is 23.9 Å². The number of imide groups is 1. The highest BCUT2D eigenvalue weighted by molar-refractivity contribution is 7.50. The molecule has 1 heterocycles. The van der Waals surface area contributed by atoms with E-state index in [-0.39, 0.29) is 19.0 Å². The van der Waals surface area contributed by atoms with Gasteiger partial charge < -0.3 is 19.4 Å². The van der Waals surface area contributed by atoms with Gasteiger partial charge in [0.2, 0.25) is 5.91 Å². The molecule has 0 unspecified atom stereocenters. The van der Waals surface area contributed by atoms with Gasteiger partial charge in [-0.25, -0.2) is 4.79 Å². The SMILES string of the molecule is CCCCOc1cc(CN2CC(=O)NC2=O)cc(CP(=O)(O)O)c1. The third-order valence-corrected chi connectivity index (χ3v) is 4.20. The van der Waals surface area contributed by atoms with E-state index in [1.54, 1.807) is 18.2 Å². The van der Waals surface area contributed by atoms with Crippen LogP contribution in [0, 0.1) is 0 Å². The van der Waals surface area contributed by atoms with Crippen molar-refractivity contribution in [1.82, 2.24) is 10.2 Å². The Kier molecular flexibility index (Phi) is 5.99. The number of carbonyl (C=O) groups is 2. The molecule has 24 heavy (non-hydrogen) atoms. The Morgan fingerprint density at radius 1 is 1.25 bits per heavy atom. The van der Waals surface area contributed by atoms with Crippen LogP contribution in [0.15, 0.2) is 18.2 Å². The number of benzene rings is 1. The molecule has 0 radical (unpaired) electrons. The molecule has 1 fully saturated rings. The molecular formula is C15H21N2O6P. The number of carbonyl (C=O) groups excluding carboxylic acids is 2. The zero-order valence-corrected chi connectivity index (χ0v) is 14.3. The highest BCUT2D eigenvalue weighted by Gasteiger charge is 2.27. The molecule has 2 rings (SSSR count). The Hall–Kier alpha value is -1.89. The fourth-order valence-corrected chi connectivity index (χ4v) is 3.06. The molecule has 8 nitrogen and oxygen atoms in total. The van der Waals surface area contributed by atoms with Gasteiger partial charge in [-0.2, -0.15) is 0 Å². The maximum atomic E-state index is 11.6. The van der Waals surface area contributed by atoms with Gasteiger partial charge in [0.1, 0.15) is 12.3 Å². The van der Waals surface area contributed by atoms with Crippen LogP contribution in [0.1, 0.15) is 30.9 Å². The van der Waals surface area contributed by atoms with Gasteiger partial charge in [0.05, 0.1) is 12.8 Å². The number of hydrogen-bond acceptors (Lipinski definition) is 4. The number of nitrogens with zero attached hydrogens (tertiary/aromatic N) is 1. The van der Waals surface area contributed by atoms with E-state index in [1.807, 2.05) is 6.92 Å². The van der Waals surface area contributed by atoms with Gasteiger partial charge in [-0.1, -0.05) is 19.4 Å². The van der Waals surface area contributed by atoms with Crippen LogP contribution in [0.2, 0.25) is 0 Å². The van der Waals surface area contributed by atoms with Crippen LogP contribution < -0.4 is 10.1 Å². The summed E-state index contributed by atoms with van der Waals surface area (Å²) >= 11 is 0. The minimum atomic E-state index is -4.22. The van der Waals surface area contributed by atoms with Gasteiger partial charge in [-0.3, -0.25) is 14.7 Å². The number of nitrogens with one attached hydrogen (secondary N) is 1. The smallest absolute Gasteiger partial charge is 0.329 e. The molecular weight excluding hydrogens is 335 g/mol. The van der Waals surface area contributed by atoms with Crippen molar-refractivity contribution in [1.29, 1.82) is 0 Å². The van der Waals surface area contributed by atoms with Crippen LogP contribution in [-0.4, -0.2) is 39.8 Å². The maximum Gasteiger partial charge on any atom is 0.329 e. The third kappa shape index (κ3) is 5.63. The molecule has 9 heteroatoms. The highest BCUT2D eigenvalue weighted by atomic mass is 31.2. The Balaban J connectivity index is 2.19. The van der Waals surface area contributed by atoms with E-state index in [1.165, 1.54) is 4.90 Å². The lowest BCUT2D eigenvalue weighted by molar-refractivity contribution is -0.118. The molecule has 0 atom stereocenters. The average molecular weight is 356 g/mol. The first kappa shape index (κ1) is 18.4. The monoisotopic (exact) mass is 356 g/mol. The van der Waals surface area contributed by atoms with Crippen molar-refractivity contribution < 1.29 is 28.7 Å². The van der Waals surface area contributed by atoms with E-state index >= 15 is 0 Å². The summed E-state index contributed by atoms with van der Waals surface area (Å²) in [5.74, 6) is 0.126. The topological polar surface area (TPSA) is 116 Å². The fraction of sp³-hybridized carbons (Fsp3) is 0.467. The third-order valence-electron chi connectivity index (χ3n) is 3.42. The normalized spacial score (nSPS) is 14.9. The van der Waals surface area contributed by atoms with Gasteiger partial charge in [-0.05, 0) is 29.7 Å². The van der Waals surface area contributed by atoms with Crippen molar-refractivity contribution in [2.24, 2.45) is 0 Å². The minimum Gasteiger partial charge on any atom is -0.494 e. The van der Waals surface area contributed by atoms with Crippen molar-refractivity contribution in [3.8, 4) is 5.75 Å². The Morgan fingerprint density at radius 2 is 1.96 bits per heavy atom. The number of hydrogen-bond donors (Lipinski definition) is 3. The number of amides is 3. The maximum absolute atomic E-state index is 11.6. The van der Waals surface area contributed by atoms with Crippen LogP contribution >= 0.6 is 7.60 Å². The van der Waals surface area contributed by atoms with Crippen LogP contribution in [-0.2, 0) is 22.1 Å². The quantitative estimate of drug-likeness (QED) is 0.370. The lowest BCUT2D eigenvalue weighted by atomic mass is 10.1. The van der Waals surface area contributed by atoms with E-state index in [2.05, 4.69) is 5.32 Å². The highest BCUT2D eigenvalue weighted by Crippen LogP contribution is 2.40. The molecule has 1 aromatic carbocycles. The van der Waals surface area contributed by atoms with E-state index in [4.69, 9.17) is 4.74 Å². The van der Waals surface area contributed by atoms with Crippen molar-refractivity contribution in [2.75, 3.05) is 13.2 Å². The molecule has 0 aliphatic carbocycles. The van der Waals surface area contributed by atoms with Gasteiger partial charge in [-0.15, -0.1) is 0 Å². The van der Waals surface area contributed by atoms with E-state index < -0.39 is 19.8 Å². The molecule has 0 spiro atoms. The molecule has 0 aromatic heterocycles. The van der Waals surface area contributed by atoms with Crippen molar-refractivity contribution in [3.63, 3.8) is 0 Å². The first-order valence-corrected chi connectivity index (χ1v) is 9.45. The summed E-state index contributed by atoms with van der Waals surface area (Å²) in [5.41, 5.74) is 1.08. The van der Waals surface area contributed by atoms with Crippen molar-refractivity contribution >= 4 is 19.5 Å². The largest absolute Gasteiger partial charge is 0.494 e. The lowest BCUT2D eigenvalue weighted by Crippen LogP contribution is -2.27. The van der Waals surface area contributed by atoms with Crippen LogP contribution in [0.5, 0.6) is 5.75 Å². The predicted octanol–water partition coefficient (Wildman–Crippen LogP) is 1.59. The van der Waals surface area contributed by atoms with E-state index in [0.29, 0.717) is 23.5 Å². The Labute approximate surface area is 140 Å². The summed E-state index contributed by atoms with van der Waals surface area (Å²) in [6.07, 6.45) is 1.42. The van der Waals surface area contributed by atoms with Crippen LogP contribution in [0.25, 0.3) is 0 Å². The number of ether oxygens (including phenoxy) is 1. The minimum absolute atomic E-state index is 0.0341. The molecule has 1 aliphatic heterocycles. The van der Waals surface area contributed by atoms with Crippen molar-refractivity contribution in [2.45, 2.75) is 32.5 Å². The molecule has 0 saturated carbocycles. The second kappa shape index (κ2) is 7.79. The molecule has 3 amide bonds. The zero-order chi connectivity index (χ0) is 17.7. The summed E-state index contributed by atoms with van der Waals surface area (Å²) in [7, 11) is -4.22. The molecule has 1 aromatic rings. The molecule has 0 bridgehead atoms. The van der Waals surface area contributed by atoms with Gasteiger partial charge in [0.15, 0.2) is 0 Å². The van der Waals surface area contributed by atoms with Crippen LogP contribution in [0.3, 0.4) is 0 Å². The van der Waals surface area contributed by atoms with Crippen molar-refractivity contribution in [3.05, 3.63) is 29.3 Å². The summed E-state index contributed by atoms with van der Waals surface area (Å²) in [6.45, 7) is 2.66. The second-order valence-corrected chi connectivity index (χ2v) is 7.37. The molecule has 3 N–H and O–H groups in total. The standard InChI is InChI=1S/C15H21N2O6P/c1-2-3-4-23-13-6-11(5-12(7-13)10-24(20,21)22)8-17-9-14(18)16-15(17)19/h5-7H,2-4,8-10H2,1H3,(H,16,18,19)(H2,20,21,22).